The molecule has 81 heavy (non-hydrogen) atoms. The van der Waals surface area contributed by atoms with Crippen LogP contribution in [-0.4, -0.2) is 73.2 Å². The molecular formula is C51H45N6O21P3. The van der Waals surface area contributed by atoms with Gasteiger partial charge >= 0.3 is 179 Å². The van der Waals surface area contributed by atoms with Crippen molar-refractivity contribution in [3.05, 3.63) is 179 Å². The van der Waals surface area contributed by atoms with E-state index in [2.05, 4.69) is 47.2 Å². The summed E-state index contributed by atoms with van der Waals surface area (Å²) in [5.41, 5.74) is 6.19. The van der Waals surface area contributed by atoms with Crippen LogP contribution in [0.4, 0.5) is 0 Å². The van der Waals surface area contributed by atoms with Crippen molar-refractivity contribution in [2.45, 2.75) is 51.2 Å². The van der Waals surface area contributed by atoms with Gasteiger partial charge in [0.1, 0.15) is 17.1 Å². The van der Waals surface area contributed by atoms with E-state index in [1.165, 1.54) is 66.9 Å². The number of aromatic carboxylic acids is 1. The van der Waals surface area contributed by atoms with Crippen LogP contribution in [0.5, 0.6) is 5.75 Å². The number of carbonyl (C=O) groups is 4. The van der Waals surface area contributed by atoms with Crippen LogP contribution in [0.15, 0.2) is 122 Å². The number of ether oxygens (including phenoxy) is 1. The molecule has 3 aliphatic rings. The van der Waals surface area contributed by atoms with E-state index < -0.39 is 80.7 Å². The first kappa shape index (κ1) is 58.5. The van der Waals surface area contributed by atoms with Crippen molar-refractivity contribution in [2.24, 2.45) is 5.73 Å². The Hall–Kier alpha value is -8.60. The molecule has 0 bridgehead atoms. The monoisotopic (exact) mass is 1170 g/mol. The SMILES string of the molecule is NCc1ccc(C(=O)NCc2c(O)ccc3c(-c4cc(C(=O)NCc5ccc(C(=O)NCC#CCc6cn([C@H]7CC[C@@H](COP(OO)(OOO)(P(=O)=O)P(=O)=O)O7)c(=O)[nH]c6=O)cc5)ccc4C(=O)O)c4ccc(=O)cc-4oc23)cc1. The van der Waals surface area contributed by atoms with Gasteiger partial charge in [0.05, 0.1) is 17.7 Å². The number of carbonyl (C=O) groups excluding carboxylic acids is 3. The van der Waals surface area contributed by atoms with Crippen molar-refractivity contribution in [2.75, 3.05) is 13.2 Å². The van der Waals surface area contributed by atoms with E-state index in [9.17, 15) is 67.3 Å². The number of nitrogens with zero attached hydrogens (tertiary/aromatic N) is 1. The Bertz CT molecular complexity index is 3960. The van der Waals surface area contributed by atoms with Gasteiger partial charge in [-0.2, -0.15) is 0 Å². The molecule has 4 aromatic carbocycles. The molecule has 420 valence electrons. The summed E-state index contributed by atoms with van der Waals surface area (Å²) < 4.78 is 72.9. The van der Waals surface area contributed by atoms with Gasteiger partial charge in [-0.1, -0.05) is 24.3 Å². The van der Waals surface area contributed by atoms with Crippen molar-refractivity contribution in [1.82, 2.24) is 25.5 Å². The maximum absolute atomic E-state index is 13.8. The molecule has 1 aliphatic carbocycles. The van der Waals surface area contributed by atoms with Gasteiger partial charge in [-0.25, -0.2) is 4.79 Å². The van der Waals surface area contributed by atoms with Crippen molar-refractivity contribution >= 4 is 56.1 Å². The van der Waals surface area contributed by atoms with Gasteiger partial charge < -0.3 is 36.3 Å². The van der Waals surface area contributed by atoms with E-state index in [0.717, 1.165) is 10.1 Å². The Labute approximate surface area is 455 Å². The molecule has 2 atom stereocenters. The minimum absolute atomic E-state index is 0.00748. The van der Waals surface area contributed by atoms with Crippen LogP contribution < -0.4 is 38.4 Å². The Morgan fingerprint density at radius 3 is 2.09 bits per heavy atom. The van der Waals surface area contributed by atoms with Crippen molar-refractivity contribution < 1.29 is 86.2 Å². The summed E-state index contributed by atoms with van der Waals surface area (Å²) in [4.78, 5) is 92.8. The number of aromatic nitrogens is 2. The second-order valence-corrected chi connectivity index (χ2v) is 27.9. The second-order valence-electron chi connectivity index (χ2n) is 17.7. The summed E-state index contributed by atoms with van der Waals surface area (Å²) in [7, 11) is -8.84. The number of nitrogens with one attached hydrogen (secondary N) is 4. The van der Waals surface area contributed by atoms with Gasteiger partial charge in [0.15, 0.2) is 5.43 Å². The van der Waals surface area contributed by atoms with E-state index in [-0.39, 0.29) is 101 Å². The van der Waals surface area contributed by atoms with Crippen LogP contribution in [0.1, 0.15) is 82.8 Å². The zero-order chi connectivity index (χ0) is 58.2. The minimum Gasteiger partial charge on any atom is -0.478 e. The summed E-state index contributed by atoms with van der Waals surface area (Å²) >= 11 is 0. The van der Waals surface area contributed by atoms with E-state index in [0.29, 0.717) is 22.1 Å². The Kier molecular flexibility index (Phi) is 17.9. The Morgan fingerprint density at radius 1 is 0.778 bits per heavy atom. The molecule has 30 heteroatoms. The number of aromatic hydroxyl groups is 1. The minimum atomic E-state index is -6.56. The number of phenolic OH excluding ortho intramolecular Hbond substituents is 1. The molecule has 0 unspecified atom stereocenters. The number of rotatable bonds is 21. The van der Waals surface area contributed by atoms with Crippen molar-refractivity contribution in [1.29, 1.82) is 0 Å². The van der Waals surface area contributed by atoms with Crippen molar-refractivity contribution in [3.8, 4) is 40.0 Å². The number of carboxylic acid groups (broad SMARTS) is 1. The van der Waals surface area contributed by atoms with Crippen molar-refractivity contribution in [3.63, 3.8) is 0 Å². The third kappa shape index (κ3) is 12.3. The number of phenols is 1. The van der Waals surface area contributed by atoms with Gasteiger partial charge in [-0.15, -0.1) is 0 Å². The fourth-order valence-electron chi connectivity index (χ4n) is 8.56. The molecule has 2 aliphatic heterocycles. The first-order chi connectivity index (χ1) is 38.8. The Balaban J connectivity index is 0.903. The molecule has 3 amide bonds. The summed E-state index contributed by atoms with van der Waals surface area (Å²) in [5, 5.41) is 51.1. The van der Waals surface area contributed by atoms with Crippen LogP contribution in [0.3, 0.4) is 0 Å². The molecule has 8 rings (SSSR count). The zero-order valence-electron chi connectivity index (χ0n) is 41.7. The number of amides is 3. The fraction of sp³-hybridized carbons (Fsp3) is 0.196. The molecule has 1 fully saturated rings. The largest absolute Gasteiger partial charge is 0.478 e. The molecule has 1 saturated heterocycles. The molecule has 5 aromatic rings. The number of fused-ring (bicyclic) bond motifs is 2. The van der Waals surface area contributed by atoms with Crippen LogP contribution in [-0.2, 0) is 68.0 Å². The quantitative estimate of drug-likeness (QED) is 0.0127. The molecule has 27 nitrogen and oxygen atoms in total. The van der Waals surface area contributed by atoms with Gasteiger partial charge in [0.2, 0.25) is 0 Å². The topological polar surface area (TPSA) is 411 Å². The number of benzene rings is 5. The molecular weight excluding hydrogens is 1130 g/mol. The number of H-pyrrole nitrogens is 1. The number of aromatic amines is 1. The molecule has 0 spiro atoms. The van der Waals surface area contributed by atoms with Gasteiger partial charge in [-0.3, -0.25) is 19.2 Å². The predicted molar refractivity (Wildman–Crippen MR) is 283 cm³/mol. The molecule has 1 aromatic heterocycles. The second kappa shape index (κ2) is 24.8. The number of nitrogens with two attached hydrogens (primary N) is 1. The van der Waals surface area contributed by atoms with E-state index >= 15 is 0 Å². The molecule has 10 N–H and O–H groups in total. The van der Waals surface area contributed by atoms with Crippen LogP contribution >= 0.6 is 21.4 Å². The van der Waals surface area contributed by atoms with Crippen LogP contribution in [0.25, 0.3) is 33.4 Å². The maximum atomic E-state index is 13.8. The molecule has 0 saturated carbocycles. The average molecular weight is 1170 g/mol. The first-order valence-corrected chi connectivity index (χ1v) is 29.6. The average Bonchev–Trinajstić information content (AvgIpc) is 4.10. The zero-order valence-corrected chi connectivity index (χ0v) is 44.4. The first-order valence-electron chi connectivity index (χ1n) is 23.9. The molecule has 3 heterocycles. The van der Waals surface area contributed by atoms with Gasteiger partial charge in [-0.05, 0) is 83.4 Å². The summed E-state index contributed by atoms with van der Waals surface area (Å²) in [6.45, 7) is -7.63. The standard InChI is InChI=1S/C51H45N6O21P3/c52-23-28-4-8-31(9-5-28)47(61)55-25-40-41(59)18-17-38-44(37-16-13-34(58)22-42(37)75-45(38)40)39-21-32(12-15-36(39)50(64)65)48(62)54-24-29-6-10-30(11-7-29)46(60)53-20-2-1-3-33-26-57(51(66)56-49(33)63)43-19-14-35(74-43)27-73-81(77-68,78-76-67,79(69)70)80(71)72/h4-13,15-18,21-22,26,35,43,59,67-68H,3,14,19-20,23-25,27,52H2,(H,53,60)(H,54,62)(H,55,61)(H,64,65)(H,56,63,66)/t35-,43+/m0/s1. The van der Waals surface area contributed by atoms with E-state index in [1.54, 1.807) is 36.4 Å². The maximum Gasteiger partial charge on any atom is 0.336 e. The van der Waals surface area contributed by atoms with E-state index in [1.807, 2.05) is 0 Å². The fourth-order valence-corrected chi connectivity index (χ4v) is 13.0. The number of hydrogen-bond donors (Lipinski definition) is 9. The van der Waals surface area contributed by atoms with E-state index in [4.69, 9.17) is 24.7 Å². The normalized spacial score (nSPS) is 14.5. The van der Waals surface area contributed by atoms with Gasteiger partial charge in [0, 0.05) is 52.4 Å². The van der Waals surface area contributed by atoms with Gasteiger partial charge in [0.25, 0.3) is 17.7 Å². The van der Waals surface area contributed by atoms with Crippen LogP contribution in [0, 0.1) is 11.8 Å². The van der Waals surface area contributed by atoms with Crippen LogP contribution in [0.2, 0.25) is 0 Å². The third-order valence-corrected chi connectivity index (χ3v) is 22.5. The Morgan fingerprint density at radius 2 is 1.43 bits per heavy atom. The number of hydrogen-bond acceptors (Lipinski definition) is 21. The summed E-state index contributed by atoms with van der Waals surface area (Å²) in [6, 6.07) is 23.5. The predicted octanol–water partition coefficient (Wildman–Crippen LogP) is 6.19. The third-order valence-electron chi connectivity index (χ3n) is 12.8. The summed E-state index contributed by atoms with van der Waals surface area (Å²) in [6.07, 6.45) is -1.18. The smallest absolute Gasteiger partial charge is 0.336 e. The number of carboxylic acids is 1. The molecule has 0 radical (unpaired) electrons. The summed E-state index contributed by atoms with van der Waals surface area (Å²) in [5.74, 6) is 2.27.